The summed E-state index contributed by atoms with van der Waals surface area (Å²) in [6, 6.07) is 21.4. The molecule has 0 spiro atoms. The molecule has 1 heterocycles. The number of aromatic carboxylic acids is 1. The first kappa shape index (κ1) is 26.0. The lowest BCUT2D eigenvalue weighted by atomic mass is 10.1. The molecule has 1 N–H and O–H groups in total. The van der Waals surface area contributed by atoms with E-state index in [-0.39, 0.29) is 18.1 Å². The molecule has 1 fully saturated rings. The summed E-state index contributed by atoms with van der Waals surface area (Å²) in [6.07, 6.45) is 1.80. The maximum atomic E-state index is 13.2. The van der Waals surface area contributed by atoms with Crippen molar-refractivity contribution in [2.75, 3.05) is 27.4 Å². The third-order valence-electron chi connectivity index (χ3n) is 5.47. The highest BCUT2D eigenvalue weighted by molar-refractivity contribution is 8.18. The number of benzene rings is 3. The molecule has 0 aliphatic carbocycles. The molecule has 3 aromatic rings. The third-order valence-corrected chi connectivity index (χ3v) is 6.48. The van der Waals surface area contributed by atoms with Crippen molar-refractivity contribution in [1.82, 2.24) is 4.90 Å². The number of para-hydroxylation sites is 1. The molecule has 0 unspecified atom stereocenters. The van der Waals surface area contributed by atoms with Crippen LogP contribution in [0, 0.1) is 0 Å². The molecule has 37 heavy (non-hydrogen) atoms. The second-order valence-corrected chi connectivity index (χ2v) is 9.00. The van der Waals surface area contributed by atoms with E-state index in [0.29, 0.717) is 34.7 Å². The fourth-order valence-electron chi connectivity index (χ4n) is 3.53. The van der Waals surface area contributed by atoms with E-state index in [0.717, 1.165) is 16.8 Å². The smallest absolute Gasteiger partial charge is 0.335 e. The van der Waals surface area contributed by atoms with Gasteiger partial charge in [-0.25, -0.2) is 9.79 Å². The summed E-state index contributed by atoms with van der Waals surface area (Å²) < 4.78 is 16.6. The Labute approximate surface area is 219 Å². The zero-order valence-electron chi connectivity index (χ0n) is 20.4. The molecule has 190 valence electrons. The average Bonchev–Trinajstić information content (AvgIpc) is 3.20. The minimum Gasteiger partial charge on any atom is -0.493 e. The Bertz CT molecular complexity index is 1320. The maximum absolute atomic E-state index is 13.2. The first-order valence-electron chi connectivity index (χ1n) is 11.5. The minimum atomic E-state index is -0.974. The molecule has 4 rings (SSSR count). The zero-order valence-corrected chi connectivity index (χ0v) is 21.2. The summed E-state index contributed by atoms with van der Waals surface area (Å²) in [4.78, 5) is 31.0. The maximum Gasteiger partial charge on any atom is 0.335 e. The van der Waals surface area contributed by atoms with Crippen molar-refractivity contribution in [2.45, 2.75) is 6.61 Å². The van der Waals surface area contributed by atoms with E-state index in [1.807, 2.05) is 36.4 Å². The van der Waals surface area contributed by atoms with Crippen LogP contribution in [0.5, 0.6) is 11.5 Å². The molecule has 0 radical (unpaired) electrons. The van der Waals surface area contributed by atoms with Gasteiger partial charge in [0.2, 0.25) is 0 Å². The van der Waals surface area contributed by atoms with Crippen molar-refractivity contribution in [3.05, 3.63) is 94.4 Å². The summed E-state index contributed by atoms with van der Waals surface area (Å²) >= 11 is 1.31. The van der Waals surface area contributed by atoms with Crippen LogP contribution in [0.25, 0.3) is 6.08 Å². The van der Waals surface area contributed by atoms with Crippen LogP contribution < -0.4 is 9.47 Å². The van der Waals surface area contributed by atoms with Crippen molar-refractivity contribution in [2.24, 2.45) is 4.99 Å². The highest BCUT2D eigenvalue weighted by Gasteiger charge is 2.33. The van der Waals surface area contributed by atoms with E-state index in [1.54, 1.807) is 49.5 Å². The molecular formula is C28H26N2O6S. The number of aliphatic imine (C=N–C) groups is 1. The van der Waals surface area contributed by atoms with Crippen molar-refractivity contribution >= 4 is 40.6 Å². The van der Waals surface area contributed by atoms with Crippen molar-refractivity contribution in [1.29, 1.82) is 0 Å². The zero-order chi connectivity index (χ0) is 26.2. The van der Waals surface area contributed by atoms with Crippen molar-refractivity contribution < 1.29 is 28.9 Å². The number of amides is 1. The van der Waals surface area contributed by atoms with Gasteiger partial charge in [0.25, 0.3) is 5.91 Å². The van der Waals surface area contributed by atoms with Crippen LogP contribution >= 0.6 is 11.8 Å². The highest BCUT2D eigenvalue weighted by atomic mass is 32.2. The Balaban J connectivity index is 1.52. The molecule has 3 aromatic carbocycles. The second-order valence-electron chi connectivity index (χ2n) is 7.99. The minimum absolute atomic E-state index is 0.138. The molecule has 0 saturated carbocycles. The third kappa shape index (κ3) is 6.58. The Kier molecular flexibility index (Phi) is 8.60. The number of hydrogen-bond acceptors (Lipinski definition) is 7. The molecular weight excluding hydrogens is 492 g/mol. The lowest BCUT2D eigenvalue weighted by Gasteiger charge is -2.14. The van der Waals surface area contributed by atoms with Crippen LogP contribution in [0.15, 0.2) is 82.7 Å². The molecule has 1 aliphatic heterocycles. The number of ether oxygens (including phenoxy) is 3. The standard InChI is InChI=1S/C28H26N2O6S/c1-34-15-14-30-26(31)25(37-28(30)29-22-6-4-3-5-7-22)17-20-10-13-23(24(16-20)35-2)36-18-19-8-11-21(12-9-19)27(32)33/h3-13,16-17H,14-15,18H2,1-2H3,(H,32,33). The first-order valence-corrected chi connectivity index (χ1v) is 12.3. The normalized spacial score (nSPS) is 15.4. The summed E-state index contributed by atoms with van der Waals surface area (Å²) in [6.45, 7) is 1.04. The van der Waals surface area contributed by atoms with Gasteiger partial charge < -0.3 is 19.3 Å². The SMILES string of the molecule is COCCN1C(=O)C(=Cc2ccc(OCc3ccc(C(=O)O)cc3)c(OC)c2)SC1=Nc1ccccc1. The number of amidine groups is 1. The second kappa shape index (κ2) is 12.2. The quantitative estimate of drug-likeness (QED) is 0.367. The van der Waals surface area contributed by atoms with Crippen LogP contribution in [0.1, 0.15) is 21.5 Å². The predicted octanol–water partition coefficient (Wildman–Crippen LogP) is 5.22. The average molecular weight is 519 g/mol. The summed E-state index contributed by atoms with van der Waals surface area (Å²) in [5.41, 5.74) is 2.59. The highest BCUT2D eigenvalue weighted by Crippen LogP contribution is 2.36. The number of carbonyl (C=O) groups is 2. The Morgan fingerprint density at radius 3 is 2.46 bits per heavy atom. The fourth-order valence-corrected chi connectivity index (χ4v) is 4.56. The van der Waals surface area contributed by atoms with Crippen LogP contribution in [0.3, 0.4) is 0 Å². The largest absolute Gasteiger partial charge is 0.493 e. The van der Waals surface area contributed by atoms with E-state index in [2.05, 4.69) is 4.99 Å². The predicted molar refractivity (Wildman–Crippen MR) is 143 cm³/mol. The van der Waals surface area contributed by atoms with E-state index in [9.17, 15) is 9.59 Å². The molecule has 9 heteroatoms. The van der Waals surface area contributed by atoms with Gasteiger partial charge in [0.05, 0.1) is 36.4 Å². The number of carboxylic acid groups (broad SMARTS) is 1. The molecule has 0 atom stereocenters. The van der Waals surface area contributed by atoms with Gasteiger partial charge in [0.15, 0.2) is 16.7 Å². The van der Waals surface area contributed by atoms with Crippen molar-refractivity contribution in [3.63, 3.8) is 0 Å². The number of hydrogen-bond donors (Lipinski definition) is 1. The lowest BCUT2D eigenvalue weighted by molar-refractivity contribution is -0.122. The number of nitrogens with zero attached hydrogens (tertiary/aromatic N) is 2. The summed E-state index contributed by atoms with van der Waals surface area (Å²) in [5, 5.41) is 9.64. The van der Waals surface area contributed by atoms with E-state index >= 15 is 0 Å². The first-order chi connectivity index (χ1) is 18.0. The molecule has 0 bridgehead atoms. The summed E-state index contributed by atoms with van der Waals surface area (Å²) in [5.74, 6) is -0.0642. The van der Waals surface area contributed by atoms with E-state index < -0.39 is 5.97 Å². The number of methoxy groups -OCH3 is 2. The van der Waals surface area contributed by atoms with E-state index in [1.165, 1.54) is 23.9 Å². The molecule has 1 saturated heterocycles. The van der Waals surface area contributed by atoms with Gasteiger partial charge in [-0.3, -0.25) is 9.69 Å². The monoisotopic (exact) mass is 518 g/mol. The Hall–Kier alpha value is -4.08. The van der Waals surface area contributed by atoms with Crippen LogP contribution in [-0.4, -0.2) is 54.4 Å². The fraction of sp³-hybridized carbons (Fsp3) is 0.179. The molecule has 1 aliphatic rings. The topological polar surface area (TPSA) is 97.7 Å². The molecule has 0 aromatic heterocycles. The van der Waals surface area contributed by atoms with Gasteiger partial charge in [-0.05, 0) is 65.4 Å². The molecule has 1 amide bonds. The van der Waals surface area contributed by atoms with Gasteiger partial charge in [0.1, 0.15) is 6.61 Å². The van der Waals surface area contributed by atoms with E-state index in [4.69, 9.17) is 19.3 Å². The van der Waals surface area contributed by atoms with Gasteiger partial charge in [-0.2, -0.15) is 0 Å². The molecule has 8 nitrogen and oxygen atoms in total. The van der Waals surface area contributed by atoms with Gasteiger partial charge in [-0.15, -0.1) is 0 Å². The number of thioether (sulfide) groups is 1. The Morgan fingerprint density at radius 2 is 1.78 bits per heavy atom. The summed E-state index contributed by atoms with van der Waals surface area (Å²) in [7, 11) is 3.15. The van der Waals surface area contributed by atoms with Crippen LogP contribution in [0.4, 0.5) is 5.69 Å². The number of carbonyl (C=O) groups excluding carboxylic acids is 1. The van der Waals surface area contributed by atoms with Gasteiger partial charge >= 0.3 is 5.97 Å². The number of rotatable bonds is 10. The van der Waals surface area contributed by atoms with Crippen LogP contribution in [0.2, 0.25) is 0 Å². The van der Waals surface area contributed by atoms with Gasteiger partial charge in [-0.1, -0.05) is 36.4 Å². The number of carboxylic acids is 1. The van der Waals surface area contributed by atoms with Gasteiger partial charge in [0, 0.05) is 7.11 Å². The lowest BCUT2D eigenvalue weighted by Crippen LogP contribution is -2.32. The van der Waals surface area contributed by atoms with Crippen LogP contribution in [-0.2, 0) is 16.1 Å². The Morgan fingerprint density at radius 1 is 1.03 bits per heavy atom. The van der Waals surface area contributed by atoms with Crippen molar-refractivity contribution in [3.8, 4) is 11.5 Å².